The molecule has 0 fully saturated rings. The lowest BCUT2D eigenvalue weighted by Crippen LogP contribution is -2.18. The second-order valence-electron chi connectivity index (χ2n) is 12.2. The number of fused-ring (bicyclic) bond motifs is 9. The van der Waals surface area contributed by atoms with E-state index >= 15 is 0 Å². The zero-order chi connectivity index (χ0) is 29.6. The first kappa shape index (κ1) is 24.8. The van der Waals surface area contributed by atoms with E-state index in [4.69, 9.17) is 9.97 Å². The SMILES string of the molecule is CC1(C)c2ccccc2-c2nc(-c3cccc(C#N)c3)c(-n3c4cc5ccccc5cc4c4ccc5ccccc5c43)nc21. The van der Waals surface area contributed by atoms with Crippen molar-refractivity contribution in [3.05, 3.63) is 138 Å². The Morgan fingerprint density at radius 2 is 1.39 bits per heavy atom. The quantitative estimate of drug-likeness (QED) is 0.211. The van der Waals surface area contributed by atoms with Crippen LogP contribution in [0.1, 0.15) is 30.7 Å². The van der Waals surface area contributed by atoms with Crippen LogP contribution < -0.4 is 0 Å². The van der Waals surface area contributed by atoms with Crippen molar-refractivity contribution in [1.29, 1.82) is 5.26 Å². The van der Waals surface area contributed by atoms with E-state index in [9.17, 15) is 5.26 Å². The van der Waals surface area contributed by atoms with Crippen LogP contribution in [0.2, 0.25) is 0 Å². The molecule has 2 aromatic heterocycles. The highest BCUT2D eigenvalue weighted by Crippen LogP contribution is 2.49. The van der Waals surface area contributed by atoms with Gasteiger partial charge in [0.25, 0.3) is 0 Å². The third-order valence-electron chi connectivity index (χ3n) is 9.32. The van der Waals surface area contributed by atoms with E-state index in [2.05, 4.69) is 122 Å². The maximum absolute atomic E-state index is 9.83. The number of hydrogen-bond acceptors (Lipinski definition) is 3. The van der Waals surface area contributed by atoms with Crippen molar-refractivity contribution in [3.63, 3.8) is 0 Å². The number of nitrogens with zero attached hydrogens (tertiary/aromatic N) is 4. The Morgan fingerprint density at radius 3 is 2.23 bits per heavy atom. The van der Waals surface area contributed by atoms with Crippen molar-refractivity contribution in [3.8, 4) is 34.4 Å². The molecule has 1 aliphatic rings. The van der Waals surface area contributed by atoms with Gasteiger partial charge in [0, 0.05) is 32.7 Å². The molecule has 44 heavy (non-hydrogen) atoms. The lowest BCUT2D eigenvalue weighted by molar-refractivity contribution is 0.633. The molecule has 6 aromatic carbocycles. The Morgan fingerprint density at radius 1 is 0.636 bits per heavy atom. The number of aromatic nitrogens is 3. The maximum atomic E-state index is 9.83. The number of hydrogen-bond donors (Lipinski definition) is 0. The van der Waals surface area contributed by atoms with Gasteiger partial charge in [0.15, 0.2) is 5.82 Å². The van der Waals surface area contributed by atoms with E-state index in [1.54, 1.807) is 0 Å². The normalized spacial score (nSPS) is 13.4. The highest BCUT2D eigenvalue weighted by molar-refractivity contribution is 6.20. The van der Waals surface area contributed by atoms with Gasteiger partial charge in [-0.1, -0.05) is 111 Å². The van der Waals surface area contributed by atoms with Gasteiger partial charge < -0.3 is 0 Å². The molecule has 4 nitrogen and oxygen atoms in total. The molecule has 0 spiro atoms. The predicted molar refractivity (Wildman–Crippen MR) is 179 cm³/mol. The van der Waals surface area contributed by atoms with Crippen molar-refractivity contribution < 1.29 is 0 Å². The molecule has 0 saturated carbocycles. The van der Waals surface area contributed by atoms with Gasteiger partial charge in [0.1, 0.15) is 5.69 Å². The van der Waals surface area contributed by atoms with Crippen molar-refractivity contribution in [1.82, 2.24) is 14.5 Å². The van der Waals surface area contributed by atoms with E-state index < -0.39 is 0 Å². The molecule has 0 atom stereocenters. The van der Waals surface area contributed by atoms with Gasteiger partial charge in [-0.05, 0) is 46.0 Å². The summed E-state index contributed by atoms with van der Waals surface area (Å²) in [5, 5.41) is 16.9. The zero-order valence-electron chi connectivity index (χ0n) is 24.3. The van der Waals surface area contributed by atoms with Crippen LogP contribution in [-0.4, -0.2) is 14.5 Å². The Balaban J connectivity index is 1.50. The fourth-order valence-electron chi connectivity index (χ4n) is 7.18. The summed E-state index contributed by atoms with van der Waals surface area (Å²) in [6, 6.07) is 44.6. The van der Waals surface area contributed by atoms with E-state index in [1.807, 2.05) is 24.3 Å². The van der Waals surface area contributed by atoms with Gasteiger partial charge in [-0.15, -0.1) is 0 Å². The third-order valence-corrected chi connectivity index (χ3v) is 9.32. The van der Waals surface area contributed by atoms with Crippen molar-refractivity contribution in [2.24, 2.45) is 0 Å². The minimum absolute atomic E-state index is 0.325. The van der Waals surface area contributed by atoms with Gasteiger partial charge in [0.2, 0.25) is 0 Å². The average Bonchev–Trinajstić information content (AvgIpc) is 3.51. The molecule has 0 saturated heterocycles. The van der Waals surface area contributed by atoms with Crippen LogP contribution in [0.3, 0.4) is 0 Å². The van der Waals surface area contributed by atoms with E-state index in [0.29, 0.717) is 5.56 Å². The molecule has 0 N–H and O–H groups in total. The second-order valence-corrected chi connectivity index (χ2v) is 12.2. The Kier molecular flexibility index (Phi) is 4.99. The highest BCUT2D eigenvalue weighted by Gasteiger charge is 2.39. The van der Waals surface area contributed by atoms with Crippen LogP contribution in [0.15, 0.2) is 121 Å². The molecule has 9 rings (SSSR count). The molecule has 0 unspecified atom stereocenters. The lowest BCUT2D eigenvalue weighted by atomic mass is 9.85. The van der Waals surface area contributed by atoms with Gasteiger partial charge in [0.05, 0.1) is 34.1 Å². The zero-order valence-corrected chi connectivity index (χ0v) is 24.3. The molecule has 0 aliphatic heterocycles. The summed E-state index contributed by atoms with van der Waals surface area (Å²) in [5.74, 6) is 0.770. The lowest BCUT2D eigenvalue weighted by Gasteiger charge is -2.22. The van der Waals surface area contributed by atoms with Crippen LogP contribution in [0.4, 0.5) is 0 Å². The van der Waals surface area contributed by atoms with Gasteiger partial charge >= 0.3 is 0 Å². The van der Waals surface area contributed by atoms with Crippen LogP contribution in [-0.2, 0) is 5.41 Å². The highest BCUT2D eigenvalue weighted by atomic mass is 15.1. The van der Waals surface area contributed by atoms with E-state index in [0.717, 1.165) is 50.4 Å². The Hall–Kier alpha value is -5.79. The summed E-state index contributed by atoms with van der Waals surface area (Å²) >= 11 is 0. The largest absolute Gasteiger partial charge is 0.291 e. The molecule has 4 heteroatoms. The fourth-order valence-corrected chi connectivity index (χ4v) is 7.18. The van der Waals surface area contributed by atoms with Crippen molar-refractivity contribution in [2.45, 2.75) is 19.3 Å². The average molecular weight is 563 g/mol. The van der Waals surface area contributed by atoms with E-state index in [-0.39, 0.29) is 5.41 Å². The summed E-state index contributed by atoms with van der Waals surface area (Å²) in [5.41, 5.74) is 8.28. The minimum atomic E-state index is -0.325. The van der Waals surface area contributed by atoms with Crippen LogP contribution in [0, 0.1) is 11.3 Å². The van der Waals surface area contributed by atoms with Crippen LogP contribution in [0.5, 0.6) is 0 Å². The Labute approximate surface area is 254 Å². The number of benzene rings is 6. The molecule has 1 aliphatic carbocycles. The molecule has 0 amide bonds. The Bertz CT molecular complexity index is 2550. The van der Waals surface area contributed by atoms with Gasteiger partial charge in [-0.25, -0.2) is 9.97 Å². The van der Waals surface area contributed by atoms with Crippen molar-refractivity contribution >= 4 is 43.4 Å². The van der Waals surface area contributed by atoms with Crippen molar-refractivity contribution in [2.75, 3.05) is 0 Å². The number of rotatable bonds is 2. The fraction of sp³-hybridized carbons (Fsp3) is 0.0750. The first-order chi connectivity index (χ1) is 21.5. The predicted octanol–water partition coefficient (Wildman–Crippen LogP) is 9.73. The van der Waals surface area contributed by atoms with Gasteiger partial charge in [-0.2, -0.15) is 5.26 Å². The van der Waals surface area contributed by atoms with E-state index in [1.165, 1.54) is 32.5 Å². The molecule has 0 radical (unpaired) electrons. The minimum Gasteiger partial charge on any atom is -0.291 e. The first-order valence-corrected chi connectivity index (χ1v) is 14.9. The molecule has 8 aromatic rings. The summed E-state index contributed by atoms with van der Waals surface area (Å²) < 4.78 is 2.32. The van der Waals surface area contributed by atoms with Gasteiger partial charge in [-0.3, -0.25) is 4.57 Å². The summed E-state index contributed by atoms with van der Waals surface area (Å²) in [4.78, 5) is 11.1. The second kappa shape index (κ2) is 8.86. The molecule has 0 bridgehead atoms. The smallest absolute Gasteiger partial charge is 0.164 e. The topological polar surface area (TPSA) is 54.5 Å². The summed E-state index contributed by atoms with van der Waals surface area (Å²) in [7, 11) is 0. The molecule has 2 heterocycles. The molecule has 206 valence electrons. The number of nitriles is 1. The summed E-state index contributed by atoms with van der Waals surface area (Å²) in [6.07, 6.45) is 0. The first-order valence-electron chi connectivity index (χ1n) is 14.9. The standard InChI is InChI=1S/C40H26N4/c1-40(2)33-17-8-7-16-31(33)36-38(40)43-39(35(42-36)28-14-9-10-24(20-28)23-41)44-34-22-27-13-4-3-12-26(27)21-32(34)30-19-18-25-11-5-6-15-29(25)37(30)44/h3-22H,1-2H3. The monoisotopic (exact) mass is 562 g/mol. The molecular formula is C40H26N4. The van der Waals surface area contributed by atoms with Crippen LogP contribution >= 0.6 is 0 Å². The van der Waals surface area contributed by atoms with Crippen LogP contribution in [0.25, 0.3) is 71.7 Å². The molecular weight excluding hydrogens is 536 g/mol. The summed E-state index contributed by atoms with van der Waals surface area (Å²) in [6.45, 7) is 4.47. The maximum Gasteiger partial charge on any atom is 0.164 e. The third kappa shape index (κ3) is 3.32.